The highest BCUT2D eigenvalue weighted by atomic mass is 35.5. The highest BCUT2D eigenvalue weighted by Gasteiger charge is 2.53. The number of aliphatic carboxylic acids is 1. The molecule has 1 aromatic rings. The summed E-state index contributed by atoms with van der Waals surface area (Å²) in [5, 5.41) is 13.3. The Labute approximate surface area is 129 Å². The summed E-state index contributed by atoms with van der Waals surface area (Å²) >= 11 is 5.95. The molecule has 1 unspecified atom stereocenters. The Morgan fingerprint density at radius 3 is 2.67 bits per heavy atom. The average molecular weight is 311 g/mol. The van der Waals surface area contributed by atoms with Crippen LogP contribution in [0.25, 0.3) is 0 Å². The van der Waals surface area contributed by atoms with Crippen LogP contribution in [-0.4, -0.2) is 33.8 Å². The largest absolute Gasteiger partial charge is 0.479 e. The van der Waals surface area contributed by atoms with Crippen molar-refractivity contribution in [1.82, 2.24) is 10.2 Å². The van der Waals surface area contributed by atoms with Gasteiger partial charge in [0.1, 0.15) is 0 Å². The summed E-state index contributed by atoms with van der Waals surface area (Å²) in [5.41, 5.74) is 0.458. The van der Waals surface area contributed by atoms with E-state index in [9.17, 15) is 9.90 Å². The minimum Gasteiger partial charge on any atom is -0.479 e. The zero-order valence-corrected chi connectivity index (χ0v) is 13.3. The van der Waals surface area contributed by atoms with Crippen molar-refractivity contribution in [3.8, 4) is 5.75 Å². The van der Waals surface area contributed by atoms with Crippen LogP contribution in [0.4, 0.5) is 0 Å². The molecule has 114 valence electrons. The monoisotopic (exact) mass is 310 g/mol. The van der Waals surface area contributed by atoms with E-state index in [2.05, 4.69) is 0 Å². The minimum atomic E-state index is -1.24. The van der Waals surface area contributed by atoms with Gasteiger partial charge in [-0.15, -0.1) is 0 Å². The first-order valence-electron chi connectivity index (χ1n) is 6.73. The maximum Gasteiger partial charge on any atom is 0.333 e. The molecule has 1 aliphatic heterocycles. The van der Waals surface area contributed by atoms with Crippen molar-refractivity contribution in [1.29, 1.82) is 0 Å². The van der Waals surface area contributed by atoms with E-state index in [-0.39, 0.29) is 0 Å². The number of halogens is 1. The lowest BCUT2D eigenvalue weighted by molar-refractivity contribution is -0.233. The molecule has 1 heterocycles. The Balaban J connectivity index is 2.41. The van der Waals surface area contributed by atoms with E-state index in [1.165, 1.54) is 5.17 Å². The Bertz CT molecular complexity index is 602. The first-order chi connectivity index (χ1) is 9.82. The highest BCUT2D eigenvalue weighted by molar-refractivity contribution is 6.30. The predicted octanol–water partition coefficient (Wildman–Crippen LogP) is 3.32. The molecule has 21 heavy (non-hydrogen) atoms. The molecule has 0 saturated heterocycles. The fraction of sp³-hybridized carbons (Fsp3) is 0.400. The molecule has 0 fully saturated rings. The standard InChI is InChI=1S/C15H19ClN2O3/c1-5-13-10(2)17(4)18(15(13,3)14(19)20)21-12-8-6-7-11(16)9-12/h6-9H,5H2,1-4H3,(H,19,20). The van der Waals surface area contributed by atoms with Crippen LogP contribution in [0.3, 0.4) is 0 Å². The maximum absolute atomic E-state index is 11.8. The highest BCUT2D eigenvalue weighted by Crippen LogP contribution is 2.39. The second-order valence-electron chi connectivity index (χ2n) is 5.14. The van der Waals surface area contributed by atoms with Crippen LogP contribution in [0.2, 0.25) is 5.02 Å². The third-order valence-corrected chi connectivity index (χ3v) is 4.16. The van der Waals surface area contributed by atoms with Gasteiger partial charge in [-0.3, -0.25) is 5.01 Å². The number of carboxylic acids is 1. The third-order valence-electron chi connectivity index (χ3n) is 3.92. The van der Waals surface area contributed by atoms with Gasteiger partial charge >= 0.3 is 5.97 Å². The number of carboxylic acid groups (broad SMARTS) is 1. The van der Waals surface area contributed by atoms with Gasteiger partial charge < -0.3 is 9.94 Å². The lowest BCUT2D eigenvalue weighted by Gasteiger charge is -2.35. The van der Waals surface area contributed by atoms with Gasteiger partial charge in [0.15, 0.2) is 11.3 Å². The van der Waals surface area contributed by atoms with Crippen molar-refractivity contribution in [2.24, 2.45) is 0 Å². The normalized spacial score (nSPS) is 22.8. The number of rotatable bonds is 4. The SMILES string of the molecule is CCC1=C(C)N(C)N(Oc2cccc(Cl)c2)C1(C)C(=O)O. The maximum atomic E-state index is 11.8. The van der Waals surface area contributed by atoms with Crippen molar-refractivity contribution in [2.75, 3.05) is 7.05 Å². The number of hydrogen-bond donors (Lipinski definition) is 1. The van der Waals surface area contributed by atoms with E-state index in [1.807, 2.05) is 13.8 Å². The summed E-state index contributed by atoms with van der Waals surface area (Å²) in [6.45, 7) is 5.48. The number of benzene rings is 1. The molecule has 0 radical (unpaired) electrons. The molecule has 5 nitrogen and oxygen atoms in total. The third kappa shape index (κ3) is 2.47. The Kier molecular flexibility index (Phi) is 4.16. The average Bonchev–Trinajstić information content (AvgIpc) is 2.61. The van der Waals surface area contributed by atoms with Crippen molar-refractivity contribution < 1.29 is 14.7 Å². The summed E-state index contributed by atoms with van der Waals surface area (Å²) in [6, 6.07) is 6.88. The van der Waals surface area contributed by atoms with E-state index in [1.54, 1.807) is 43.2 Å². The summed E-state index contributed by atoms with van der Waals surface area (Å²) in [7, 11) is 1.78. The smallest absolute Gasteiger partial charge is 0.333 e. The number of hydrazine groups is 1. The van der Waals surface area contributed by atoms with Crippen LogP contribution in [0.5, 0.6) is 5.75 Å². The second kappa shape index (κ2) is 5.58. The molecule has 1 aromatic carbocycles. The van der Waals surface area contributed by atoms with Gasteiger partial charge in [-0.1, -0.05) is 24.6 Å². The number of hydroxylamine groups is 1. The zero-order chi connectivity index (χ0) is 15.8. The topological polar surface area (TPSA) is 53.0 Å². The molecule has 0 aliphatic carbocycles. The number of nitrogens with zero attached hydrogens (tertiary/aromatic N) is 2. The molecule has 6 heteroatoms. The zero-order valence-electron chi connectivity index (χ0n) is 12.6. The first-order valence-corrected chi connectivity index (χ1v) is 7.11. The quantitative estimate of drug-likeness (QED) is 0.924. The first kappa shape index (κ1) is 15.7. The summed E-state index contributed by atoms with van der Waals surface area (Å²) in [4.78, 5) is 17.6. The summed E-state index contributed by atoms with van der Waals surface area (Å²) < 4.78 is 0. The van der Waals surface area contributed by atoms with Crippen LogP contribution in [-0.2, 0) is 4.79 Å². The van der Waals surface area contributed by atoms with Crippen LogP contribution in [0.1, 0.15) is 27.2 Å². The molecule has 0 bridgehead atoms. The second-order valence-corrected chi connectivity index (χ2v) is 5.58. The van der Waals surface area contributed by atoms with Crippen molar-refractivity contribution in [3.63, 3.8) is 0 Å². The molecule has 0 saturated carbocycles. The van der Waals surface area contributed by atoms with Crippen molar-refractivity contribution in [3.05, 3.63) is 40.6 Å². The predicted molar refractivity (Wildman–Crippen MR) is 80.7 cm³/mol. The van der Waals surface area contributed by atoms with Crippen LogP contribution >= 0.6 is 11.6 Å². The van der Waals surface area contributed by atoms with E-state index >= 15 is 0 Å². The molecule has 0 aromatic heterocycles. The number of carbonyl (C=O) groups is 1. The van der Waals surface area contributed by atoms with Crippen molar-refractivity contribution >= 4 is 17.6 Å². The van der Waals surface area contributed by atoms with Gasteiger partial charge in [0.25, 0.3) is 0 Å². The van der Waals surface area contributed by atoms with Gasteiger partial charge in [-0.05, 0) is 43.1 Å². The molecule has 2 rings (SSSR count). The summed E-state index contributed by atoms with van der Waals surface area (Å²) in [6.07, 6.45) is 0.633. The Morgan fingerprint density at radius 1 is 1.48 bits per heavy atom. The van der Waals surface area contributed by atoms with Crippen LogP contribution in [0.15, 0.2) is 35.5 Å². The van der Waals surface area contributed by atoms with Gasteiger partial charge in [-0.25, -0.2) is 4.79 Å². The van der Waals surface area contributed by atoms with E-state index < -0.39 is 11.5 Å². The Morgan fingerprint density at radius 2 is 2.14 bits per heavy atom. The molecule has 0 spiro atoms. The minimum absolute atomic E-state index is 0.493. The fourth-order valence-electron chi connectivity index (χ4n) is 2.69. The summed E-state index contributed by atoms with van der Waals surface area (Å²) in [5.74, 6) is -0.461. The van der Waals surface area contributed by atoms with Gasteiger partial charge in [0.2, 0.25) is 0 Å². The lowest BCUT2D eigenvalue weighted by Crippen LogP contribution is -2.55. The van der Waals surface area contributed by atoms with Crippen molar-refractivity contribution in [2.45, 2.75) is 32.7 Å². The lowest BCUT2D eigenvalue weighted by atomic mass is 9.90. The molecule has 0 amide bonds. The fourth-order valence-corrected chi connectivity index (χ4v) is 2.87. The van der Waals surface area contributed by atoms with E-state index in [0.717, 1.165) is 11.3 Å². The Hall–Kier alpha value is -1.72. The number of hydrogen-bond acceptors (Lipinski definition) is 4. The van der Waals surface area contributed by atoms with Gasteiger partial charge in [0, 0.05) is 23.8 Å². The number of allylic oxidation sites excluding steroid dienone is 1. The van der Waals surface area contributed by atoms with Gasteiger partial charge in [0.05, 0.1) is 0 Å². The van der Waals surface area contributed by atoms with Gasteiger partial charge in [-0.2, -0.15) is 0 Å². The molecule has 1 atom stereocenters. The molecule has 1 aliphatic rings. The molecular formula is C15H19ClN2O3. The van der Waals surface area contributed by atoms with Crippen LogP contribution < -0.4 is 4.84 Å². The molecule has 1 N–H and O–H groups in total. The van der Waals surface area contributed by atoms with Crippen LogP contribution in [0, 0.1) is 0 Å². The van der Waals surface area contributed by atoms with E-state index in [0.29, 0.717) is 17.2 Å². The molecular weight excluding hydrogens is 292 g/mol. The van der Waals surface area contributed by atoms with E-state index in [4.69, 9.17) is 16.4 Å².